The van der Waals surface area contributed by atoms with Gasteiger partial charge in [0.1, 0.15) is 5.69 Å². The number of hydrogen-bond donors (Lipinski definition) is 1. The van der Waals surface area contributed by atoms with Crippen LogP contribution < -0.4 is 5.32 Å². The van der Waals surface area contributed by atoms with Gasteiger partial charge in [-0.05, 0) is 25.0 Å². The molecule has 0 unspecified atom stereocenters. The molecule has 5 heteroatoms. The quantitative estimate of drug-likeness (QED) is 0.907. The SMILES string of the molecule is O=C(Nc1cc(-c2ccc(Cl)cc2)no1)C1CCCCC1. The Morgan fingerprint density at radius 3 is 2.62 bits per heavy atom. The molecule has 0 aliphatic heterocycles. The third kappa shape index (κ3) is 3.45. The van der Waals surface area contributed by atoms with Crippen LogP contribution in [-0.2, 0) is 4.79 Å². The molecule has 1 aromatic heterocycles. The second kappa shape index (κ2) is 6.31. The number of benzene rings is 1. The molecule has 0 radical (unpaired) electrons. The van der Waals surface area contributed by atoms with Crippen LogP contribution in [0.4, 0.5) is 5.88 Å². The smallest absolute Gasteiger partial charge is 0.231 e. The van der Waals surface area contributed by atoms with Gasteiger partial charge in [-0.3, -0.25) is 10.1 Å². The third-order valence-corrected chi connectivity index (χ3v) is 4.12. The fraction of sp³-hybridized carbons (Fsp3) is 0.375. The highest BCUT2D eigenvalue weighted by Crippen LogP contribution is 2.27. The lowest BCUT2D eigenvalue weighted by Crippen LogP contribution is -2.24. The molecule has 1 aliphatic rings. The first-order valence-electron chi connectivity index (χ1n) is 7.26. The topological polar surface area (TPSA) is 55.1 Å². The van der Waals surface area contributed by atoms with Gasteiger partial charge in [0.25, 0.3) is 0 Å². The lowest BCUT2D eigenvalue weighted by atomic mass is 9.89. The van der Waals surface area contributed by atoms with E-state index in [9.17, 15) is 4.79 Å². The van der Waals surface area contributed by atoms with Gasteiger partial charge in [-0.2, -0.15) is 0 Å². The molecule has 1 N–H and O–H groups in total. The number of anilines is 1. The van der Waals surface area contributed by atoms with Crippen LogP contribution in [0, 0.1) is 5.92 Å². The lowest BCUT2D eigenvalue weighted by Gasteiger charge is -2.19. The van der Waals surface area contributed by atoms with Crippen molar-refractivity contribution in [1.82, 2.24) is 5.16 Å². The minimum atomic E-state index is 0.0357. The summed E-state index contributed by atoms with van der Waals surface area (Å²) in [6.07, 6.45) is 5.41. The van der Waals surface area contributed by atoms with E-state index in [1.165, 1.54) is 6.42 Å². The van der Waals surface area contributed by atoms with E-state index < -0.39 is 0 Å². The van der Waals surface area contributed by atoms with Crippen molar-refractivity contribution in [2.24, 2.45) is 5.92 Å². The molecule has 0 bridgehead atoms. The van der Waals surface area contributed by atoms with Crippen molar-refractivity contribution < 1.29 is 9.32 Å². The van der Waals surface area contributed by atoms with E-state index in [0.29, 0.717) is 16.6 Å². The molecule has 3 rings (SSSR count). The Kier molecular flexibility index (Phi) is 4.25. The molecule has 2 aromatic rings. The van der Waals surface area contributed by atoms with Gasteiger partial charge in [-0.15, -0.1) is 0 Å². The fourth-order valence-corrected chi connectivity index (χ4v) is 2.81. The Morgan fingerprint density at radius 1 is 1.19 bits per heavy atom. The number of nitrogens with zero attached hydrogens (tertiary/aromatic N) is 1. The van der Waals surface area contributed by atoms with Crippen molar-refractivity contribution in [2.75, 3.05) is 5.32 Å². The molecule has 1 aromatic carbocycles. The number of rotatable bonds is 3. The largest absolute Gasteiger partial charge is 0.338 e. The van der Waals surface area contributed by atoms with E-state index in [1.807, 2.05) is 12.1 Å². The Morgan fingerprint density at radius 2 is 1.90 bits per heavy atom. The van der Waals surface area contributed by atoms with Gasteiger partial charge in [0, 0.05) is 22.6 Å². The maximum atomic E-state index is 12.1. The Bertz CT molecular complexity index is 615. The molecule has 1 fully saturated rings. The van der Waals surface area contributed by atoms with Crippen LogP contribution in [0.1, 0.15) is 32.1 Å². The predicted octanol–water partition coefficient (Wildman–Crippen LogP) is 4.51. The van der Waals surface area contributed by atoms with Crippen LogP contribution in [0.25, 0.3) is 11.3 Å². The summed E-state index contributed by atoms with van der Waals surface area (Å²) in [6, 6.07) is 9.07. The molecular weight excluding hydrogens is 288 g/mol. The molecule has 110 valence electrons. The molecule has 1 heterocycles. The summed E-state index contributed by atoms with van der Waals surface area (Å²) in [4.78, 5) is 12.1. The summed E-state index contributed by atoms with van der Waals surface area (Å²) in [5, 5.41) is 7.47. The van der Waals surface area contributed by atoms with Gasteiger partial charge in [0.05, 0.1) is 0 Å². The fourth-order valence-electron chi connectivity index (χ4n) is 2.68. The van der Waals surface area contributed by atoms with Crippen LogP contribution in [0.5, 0.6) is 0 Å². The zero-order chi connectivity index (χ0) is 14.7. The highest BCUT2D eigenvalue weighted by atomic mass is 35.5. The average Bonchev–Trinajstić information content (AvgIpc) is 2.97. The lowest BCUT2D eigenvalue weighted by molar-refractivity contribution is -0.120. The van der Waals surface area contributed by atoms with E-state index in [2.05, 4.69) is 10.5 Å². The summed E-state index contributed by atoms with van der Waals surface area (Å²) in [5.41, 5.74) is 1.59. The van der Waals surface area contributed by atoms with E-state index in [4.69, 9.17) is 16.1 Å². The molecule has 0 atom stereocenters. The summed E-state index contributed by atoms with van der Waals surface area (Å²) < 4.78 is 5.20. The van der Waals surface area contributed by atoms with Gasteiger partial charge in [0.2, 0.25) is 11.8 Å². The molecular formula is C16H17ClN2O2. The summed E-state index contributed by atoms with van der Waals surface area (Å²) in [5.74, 6) is 0.534. The zero-order valence-electron chi connectivity index (χ0n) is 11.6. The van der Waals surface area contributed by atoms with Crippen LogP contribution in [0.15, 0.2) is 34.9 Å². The molecule has 4 nitrogen and oxygen atoms in total. The minimum absolute atomic E-state index is 0.0357. The Hall–Kier alpha value is -1.81. The highest BCUT2D eigenvalue weighted by molar-refractivity contribution is 6.30. The number of carbonyl (C=O) groups excluding carboxylic acids is 1. The van der Waals surface area contributed by atoms with Gasteiger partial charge < -0.3 is 4.52 Å². The molecule has 1 saturated carbocycles. The second-order valence-corrected chi connectivity index (χ2v) is 5.84. The van der Waals surface area contributed by atoms with E-state index in [1.54, 1.807) is 18.2 Å². The van der Waals surface area contributed by atoms with Crippen molar-refractivity contribution in [3.8, 4) is 11.3 Å². The number of nitrogens with one attached hydrogen (secondary N) is 1. The molecule has 21 heavy (non-hydrogen) atoms. The first kappa shape index (κ1) is 14.1. The third-order valence-electron chi connectivity index (χ3n) is 3.87. The monoisotopic (exact) mass is 304 g/mol. The Balaban J connectivity index is 1.67. The van der Waals surface area contributed by atoms with Crippen molar-refractivity contribution in [2.45, 2.75) is 32.1 Å². The van der Waals surface area contributed by atoms with Crippen LogP contribution in [0.2, 0.25) is 5.02 Å². The predicted molar refractivity (Wildman–Crippen MR) is 82.2 cm³/mol. The van der Waals surface area contributed by atoms with Gasteiger partial charge in [0.15, 0.2) is 0 Å². The molecule has 0 saturated heterocycles. The van der Waals surface area contributed by atoms with Gasteiger partial charge in [-0.1, -0.05) is 48.2 Å². The number of carbonyl (C=O) groups is 1. The van der Waals surface area contributed by atoms with Gasteiger partial charge in [-0.25, -0.2) is 0 Å². The summed E-state index contributed by atoms with van der Waals surface area (Å²) in [7, 11) is 0. The summed E-state index contributed by atoms with van der Waals surface area (Å²) in [6.45, 7) is 0. The number of halogens is 1. The second-order valence-electron chi connectivity index (χ2n) is 5.41. The standard InChI is InChI=1S/C16H17ClN2O2/c17-13-8-6-11(7-9-13)14-10-15(21-19-14)18-16(20)12-4-2-1-3-5-12/h6-10,12H,1-5H2,(H,18,20). The van der Waals surface area contributed by atoms with Crippen molar-refractivity contribution in [1.29, 1.82) is 0 Å². The number of hydrogen-bond acceptors (Lipinski definition) is 3. The number of amides is 1. The Labute approximate surface area is 128 Å². The van der Waals surface area contributed by atoms with Crippen LogP contribution in [0.3, 0.4) is 0 Å². The van der Waals surface area contributed by atoms with Crippen LogP contribution >= 0.6 is 11.6 Å². The van der Waals surface area contributed by atoms with E-state index >= 15 is 0 Å². The average molecular weight is 305 g/mol. The first-order valence-corrected chi connectivity index (χ1v) is 7.64. The van der Waals surface area contributed by atoms with Crippen molar-refractivity contribution in [3.63, 3.8) is 0 Å². The number of aromatic nitrogens is 1. The molecule has 0 spiro atoms. The zero-order valence-corrected chi connectivity index (χ0v) is 12.4. The highest BCUT2D eigenvalue weighted by Gasteiger charge is 2.22. The molecule has 1 aliphatic carbocycles. The maximum absolute atomic E-state index is 12.1. The minimum Gasteiger partial charge on any atom is -0.338 e. The van der Waals surface area contributed by atoms with Crippen molar-refractivity contribution >= 4 is 23.4 Å². The van der Waals surface area contributed by atoms with Gasteiger partial charge >= 0.3 is 0 Å². The summed E-state index contributed by atoms with van der Waals surface area (Å²) >= 11 is 5.86. The first-order chi connectivity index (χ1) is 10.2. The normalized spacial score (nSPS) is 15.9. The molecule has 1 amide bonds. The van der Waals surface area contributed by atoms with E-state index in [-0.39, 0.29) is 11.8 Å². The maximum Gasteiger partial charge on any atom is 0.231 e. The van der Waals surface area contributed by atoms with Crippen molar-refractivity contribution in [3.05, 3.63) is 35.4 Å². The van der Waals surface area contributed by atoms with E-state index in [0.717, 1.165) is 31.2 Å². The van der Waals surface area contributed by atoms with Crippen LogP contribution in [-0.4, -0.2) is 11.1 Å².